The first-order valence-electron chi connectivity index (χ1n) is 7.64. The van der Waals surface area contributed by atoms with Crippen molar-refractivity contribution in [1.29, 1.82) is 0 Å². The summed E-state index contributed by atoms with van der Waals surface area (Å²) in [5.41, 5.74) is 0.755. The van der Waals surface area contributed by atoms with Gasteiger partial charge < -0.3 is 9.73 Å². The minimum Gasteiger partial charge on any atom is -0.468 e. The highest BCUT2D eigenvalue weighted by Gasteiger charge is 2.22. The van der Waals surface area contributed by atoms with Crippen LogP contribution in [0.2, 0.25) is 0 Å². The second kappa shape index (κ2) is 7.02. The molecule has 2 aromatic rings. The van der Waals surface area contributed by atoms with Gasteiger partial charge in [-0.2, -0.15) is 0 Å². The molecule has 0 radical (unpaired) electrons. The zero-order chi connectivity index (χ0) is 17.0. The minimum atomic E-state index is -3.61. The Balaban J connectivity index is 1.60. The fourth-order valence-corrected chi connectivity index (χ4v) is 3.06. The Morgan fingerprint density at radius 1 is 1.21 bits per heavy atom. The van der Waals surface area contributed by atoms with Crippen molar-refractivity contribution in [2.45, 2.75) is 30.3 Å². The maximum Gasteiger partial charge on any atom is 0.244 e. The van der Waals surface area contributed by atoms with Crippen LogP contribution in [0.4, 0.5) is 0 Å². The molecule has 126 valence electrons. The highest BCUT2D eigenvalue weighted by Crippen LogP contribution is 2.18. The van der Waals surface area contributed by atoms with Crippen molar-refractivity contribution in [3.63, 3.8) is 0 Å². The molecule has 1 saturated carbocycles. The Kier molecular flexibility index (Phi) is 4.82. The first-order valence-corrected chi connectivity index (χ1v) is 9.12. The third kappa shape index (κ3) is 4.56. The van der Waals surface area contributed by atoms with Crippen molar-refractivity contribution in [3.05, 3.63) is 60.1 Å². The minimum absolute atomic E-state index is 0.0956. The van der Waals surface area contributed by atoms with Crippen molar-refractivity contribution in [1.82, 2.24) is 10.0 Å². The molecule has 0 saturated heterocycles. The monoisotopic (exact) mass is 346 g/mol. The molecule has 1 fully saturated rings. The van der Waals surface area contributed by atoms with Gasteiger partial charge in [0.25, 0.3) is 0 Å². The largest absolute Gasteiger partial charge is 0.468 e. The fourth-order valence-electron chi connectivity index (χ4n) is 2.07. The van der Waals surface area contributed by atoms with Crippen LogP contribution in [-0.2, 0) is 21.4 Å². The molecule has 7 heteroatoms. The summed E-state index contributed by atoms with van der Waals surface area (Å²) < 4.78 is 32.0. The van der Waals surface area contributed by atoms with Crippen LogP contribution in [0.1, 0.15) is 24.2 Å². The van der Waals surface area contributed by atoms with Crippen molar-refractivity contribution in [2.24, 2.45) is 0 Å². The van der Waals surface area contributed by atoms with Gasteiger partial charge in [-0.05, 0) is 48.7 Å². The molecule has 24 heavy (non-hydrogen) atoms. The van der Waals surface area contributed by atoms with Crippen LogP contribution in [0.5, 0.6) is 0 Å². The van der Waals surface area contributed by atoms with E-state index in [-0.39, 0.29) is 17.3 Å². The molecular formula is C17H18N2O4S. The molecule has 3 rings (SSSR count). The van der Waals surface area contributed by atoms with E-state index in [0.29, 0.717) is 11.8 Å². The predicted molar refractivity (Wildman–Crippen MR) is 89.4 cm³/mol. The van der Waals surface area contributed by atoms with Crippen molar-refractivity contribution < 1.29 is 17.6 Å². The lowest BCUT2D eigenvalue weighted by atomic mass is 10.2. The lowest BCUT2D eigenvalue weighted by molar-refractivity contribution is -0.116. The number of benzene rings is 1. The van der Waals surface area contributed by atoms with Crippen molar-refractivity contribution in [2.75, 3.05) is 0 Å². The Morgan fingerprint density at radius 2 is 1.96 bits per heavy atom. The van der Waals surface area contributed by atoms with Crippen molar-refractivity contribution in [3.8, 4) is 0 Å². The van der Waals surface area contributed by atoms with Gasteiger partial charge in [-0.25, -0.2) is 13.1 Å². The Hall–Kier alpha value is -2.38. The molecule has 1 aliphatic rings. The molecule has 6 nitrogen and oxygen atoms in total. The topological polar surface area (TPSA) is 88.4 Å². The fraction of sp³-hybridized carbons (Fsp3) is 0.235. The predicted octanol–water partition coefficient (Wildman–Crippen LogP) is 2.05. The van der Waals surface area contributed by atoms with E-state index in [1.807, 2.05) is 0 Å². The van der Waals surface area contributed by atoms with E-state index in [9.17, 15) is 13.2 Å². The summed E-state index contributed by atoms with van der Waals surface area (Å²) in [5.74, 6) is 0.411. The molecule has 2 N–H and O–H groups in total. The van der Waals surface area contributed by atoms with E-state index in [4.69, 9.17) is 4.42 Å². The number of hydrogen-bond acceptors (Lipinski definition) is 4. The van der Waals surface area contributed by atoms with Gasteiger partial charge in [0.05, 0.1) is 17.7 Å². The second-order valence-electron chi connectivity index (χ2n) is 5.59. The number of furan rings is 1. The Labute approximate surface area is 140 Å². The van der Waals surface area contributed by atoms with Crippen LogP contribution in [0.3, 0.4) is 0 Å². The molecule has 1 aromatic carbocycles. The van der Waals surface area contributed by atoms with Crippen LogP contribution in [0, 0.1) is 0 Å². The van der Waals surface area contributed by atoms with Gasteiger partial charge in [-0.1, -0.05) is 12.1 Å². The van der Waals surface area contributed by atoms with Crippen LogP contribution in [0.25, 0.3) is 6.08 Å². The maximum absolute atomic E-state index is 12.2. The van der Waals surface area contributed by atoms with Gasteiger partial charge in [0.2, 0.25) is 15.9 Å². The van der Waals surface area contributed by atoms with E-state index in [1.165, 1.54) is 24.5 Å². The highest BCUT2D eigenvalue weighted by molar-refractivity contribution is 7.89. The van der Waals surface area contributed by atoms with E-state index < -0.39 is 10.0 Å². The molecule has 0 aliphatic heterocycles. The summed E-state index contributed by atoms with van der Waals surface area (Å²) in [6.45, 7) is 0.0956. The molecule has 1 amide bonds. The average molecular weight is 346 g/mol. The van der Waals surface area contributed by atoms with E-state index in [0.717, 1.165) is 18.4 Å². The van der Waals surface area contributed by atoms with E-state index in [2.05, 4.69) is 10.0 Å². The van der Waals surface area contributed by atoms with Gasteiger partial charge in [0.15, 0.2) is 0 Å². The van der Waals surface area contributed by atoms with Gasteiger partial charge in [0.1, 0.15) is 5.76 Å². The number of carbonyl (C=O) groups is 1. The molecule has 1 heterocycles. The van der Waals surface area contributed by atoms with Gasteiger partial charge in [-0.15, -0.1) is 0 Å². The summed E-state index contributed by atoms with van der Waals surface area (Å²) in [6, 6.07) is 10.0. The third-order valence-electron chi connectivity index (χ3n) is 3.56. The Bertz CT molecular complexity index is 820. The van der Waals surface area contributed by atoms with Gasteiger partial charge in [0, 0.05) is 12.1 Å². The van der Waals surface area contributed by atoms with Crippen LogP contribution < -0.4 is 10.0 Å². The average Bonchev–Trinajstić information content (AvgIpc) is 3.22. The van der Waals surface area contributed by atoms with Crippen LogP contribution >= 0.6 is 0 Å². The molecular weight excluding hydrogens is 328 g/mol. The number of nitrogens with one attached hydrogen (secondary N) is 2. The zero-order valence-electron chi connectivity index (χ0n) is 12.9. The zero-order valence-corrected chi connectivity index (χ0v) is 13.8. The molecule has 1 aromatic heterocycles. The first kappa shape index (κ1) is 16.5. The summed E-state index contributed by atoms with van der Waals surface area (Å²) in [7, 11) is -3.61. The van der Waals surface area contributed by atoms with Crippen molar-refractivity contribution >= 4 is 22.0 Å². The molecule has 1 aliphatic carbocycles. The maximum atomic E-state index is 12.2. The van der Waals surface area contributed by atoms with E-state index >= 15 is 0 Å². The summed E-state index contributed by atoms with van der Waals surface area (Å²) >= 11 is 0. The number of rotatable bonds is 7. The number of carbonyl (C=O) groups excluding carboxylic acids is 1. The quantitative estimate of drug-likeness (QED) is 0.751. The molecule has 0 unspecified atom stereocenters. The first-order chi connectivity index (χ1) is 11.5. The number of hydrogen-bond donors (Lipinski definition) is 2. The smallest absolute Gasteiger partial charge is 0.244 e. The Morgan fingerprint density at radius 3 is 2.58 bits per heavy atom. The van der Waals surface area contributed by atoms with E-state index in [1.54, 1.807) is 30.3 Å². The third-order valence-corrected chi connectivity index (χ3v) is 4.97. The lowest BCUT2D eigenvalue weighted by Gasteiger charge is -2.05. The SMILES string of the molecule is O=C(/C=C/c1ccc(S(=O)(=O)NCc2ccco2)cc1)NC1CC1. The summed E-state index contributed by atoms with van der Waals surface area (Å²) in [5, 5.41) is 2.85. The standard InChI is InChI=1S/C17H18N2O4S/c20-17(19-14-6-7-14)10-5-13-3-8-16(9-4-13)24(21,22)18-12-15-2-1-11-23-15/h1-5,8-11,14,18H,6-7,12H2,(H,19,20)/b10-5+. The molecule has 0 spiro atoms. The number of sulfonamides is 1. The van der Waals surface area contributed by atoms with Crippen LogP contribution in [-0.4, -0.2) is 20.4 Å². The second-order valence-corrected chi connectivity index (χ2v) is 7.36. The lowest BCUT2D eigenvalue weighted by Crippen LogP contribution is -2.23. The molecule has 0 bridgehead atoms. The molecule has 0 atom stereocenters. The number of amides is 1. The summed E-state index contributed by atoms with van der Waals surface area (Å²) in [6.07, 6.45) is 6.68. The van der Waals surface area contributed by atoms with Crippen LogP contribution in [0.15, 0.2) is 58.1 Å². The normalized spacial score (nSPS) is 14.8. The highest BCUT2D eigenvalue weighted by atomic mass is 32.2. The van der Waals surface area contributed by atoms with Gasteiger partial charge in [-0.3, -0.25) is 4.79 Å². The summed E-state index contributed by atoms with van der Waals surface area (Å²) in [4.78, 5) is 11.7. The van der Waals surface area contributed by atoms with Gasteiger partial charge >= 0.3 is 0 Å².